The molecule has 0 unspecified atom stereocenters. The number of nitrogens with one attached hydrogen (secondary N) is 2. The Morgan fingerprint density at radius 3 is 2.57 bits per heavy atom. The lowest BCUT2D eigenvalue weighted by atomic mass is 10.1. The maximum atomic E-state index is 12.0. The van der Waals surface area contributed by atoms with E-state index in [4.69, 9.17) is 4.74 Å². The first-order chi connectivity index (χ1) is 10.1. The molecule has 0 saturated carbocycles. The highest BCUT2D eigenvalue weighted by atomic mass is 16.5. The second-order valence-electron chi connectivity index (χ2n) is 4.50. The van der Waals surface area contributed by atoms with Crippen LogP contribution in [0, 0.1) is 0 Å². The van der Waals surface area contributed by atoms with Crippen molar-refractivity contribution in [3.05, 3.63) is 58.0 Å². The van der Waals surface area contributed by atoms with Crippen LogP contribution in [-0.4, -0.2) is 22.7 Å². The minimum absolute atomic E-state index is 0.174. The monoisotopic (exact) mass is 287 g/mol. The quantitative estimate of drug-likeness (QED) is 0.876. The van der Waals surface area contributed by atoms with Gasteiger partial charge in [0.05, 0.1) is 12.6 Å². The second-order valence-corrected chi connectivity index (χ2v) is 4.50. The van der Waals surface area contributed by atoms with Crippen molar-refractivity contribution in [2.45, 2.75) is 19.9 Å². The molecule has 6 nitrogen and oxygen atoms in total. The number of aromatic nitrogens is 2. The number of nitrogens with zero attached hydrogens (tertiary/aromatic N) is 1. The first-order valence-electron chi connectivity index (χ1n) is 6.69. The summed E-state index contributed by atoms with van der Waals surface area (Å²) in [6, 6.07) is 10.00. The molecule has 2 aromatic rings. The predicted molar refractivity (Wildman–Crippen MR) is 78.3 cm³/mol. The highest BCUT2D eigenvalue weighted by Gasteiger charge is 2.12. The molecule has 1 heterocycles. The molecular weight excluding hydrogens is 270 g/mol. The minimum Gasteiger partial charge on any atom is -0.494 e. The van der Waals surface area contributed by atoms with Gasteiger partial charge < -0.3 is 10.1 Å². The molecule has 2 rings (SSSR count). The highest BCUT2D eigenvalue weighted by molar-refractivity contribution is 5.92. The maximum absolute atomic E-state index is 12.0. The molecule has 0 saturated heterocycles. The van der Waals surface area contributed by atoms with Crippen LogP contribution in [0.3, 0.4) is 0 Å². The maximum Gasteiger partial charge on any atom is 0.272 e. The fourth-order valence-corrected chi connectivity index (χ4v) is 1.84. The average molecular weight is 287 g/mol. The summed E-state index contributed by atoms with van der Waals surface area (Å²) in [6.07, 6.45) is 0. The van der Waals surface area contributed by atoms with Crippen molar-refractivity contribution in [2.24, 2.45) is 0 Å². The molecule has 1 aromatic heterocycles. The third-order valence-electron chi connectivity index (χ3n) is 2.95. The molecule has 1 aromatic carbocycles. The van der Waals surface area contributed by atoms with Gasteiger partial charge in [0.2, 0.25) is 0 Å². The summed E-state index contributed by atoms with van der Waals surface area (Å²) in [6.45, 7) is 4.41. The van der Waals surface area contributed by atoms with Crippen LogP contribution in [0.15, 0.2) is 41.2 Å². The zero-order chi connectivity index (χ0) is 15.2. The van der Waals surface area contributed by atoms with Crippen molar-refractivity contribution in [3.8, 4) is 5.75 Å². The zero-order valence-corrected chi connectivity index (χ0v) is 11.9. The largest absolute Gasteiger partial charge is 0.494 e. The van der Waals surface area contributed by atoms with Crippen molar-refractivity contribution in [2.75, 3.05) is 6.61 Å². The number of hydrogen-bond acceptors (Lipinski definition) is 4. The molecule has 0 aliphatic carbocycles. The zero-order valence-electron chi connectivity index (χ0n) is 11.9. The summed E-state index contributed by atoms with van der Waals surface area (Å²) in [7, 11) is 0. The van der Waals surface area contributed by atoms with E-state index < -0.39 is 0 Å². The fraction of sp³-hybridized carbons (Fsp3) is 0.267. The molecule has 110 valence electrons. The number of benzene rings is 1. The van der Waals surface area contributed by atoms with Gasteiger partial charge in [-0.3, -0.25) is 9.59 Å². The molecule has 0 radical (unpaired) electrons. The van der Waals surface area contributed by atoms with E-state index in [1.165, 1.54) is 12.1 Å². The Kier molecular flexibility index (Phi) is 4.71. The van der Waals surface area contributed by atoms with Gasteiger partial charge in [0.25, 0.3) is 11.5 Å². The van der Waals surface area contributed by atoms with Gasteiger partial charge in [-0.05, 0) is 37.6 Å². The van der Waals surface area contributed by atoms with E-state index in [0.717, 1.165) is 11.3 Å². The Labute approximate surface area is 122 Å². The molecule has 1 amide bonds. The fourth-order valence-electron chi connectivity index (χ4n) is 1.84. The molecule has 0 spiro atoms. The van der Waals surface area contributed by atoms with Crippen LogP contribution in [0.25, 0.3) is 0 Å². The van der Waals surface area contributed by atoms with Crippen LogP contribution < -0.4 is 15.6 Å². The topological polar surface area (TPSA) is 84.1 Å². The minimum atomic E-state index is -0.342. The SMILES string of the molecule is CCOc1ccc([C@H](C)NC(=O)c2ccc(=O)[nH]n2)cc1. The van der Waals surface area contributed by atoms with E-state index in [1.807, 2.05) is 38.1 Å². The summed E-state index contributed by atoms with van der Waals surface area (Å²) < 4.78 is 5.37. The summed E-state index contributed by atoms with van der Waals surface area (Å²) in [5, 5.41) is 8.75. The first kappa shape index (κ1) is 14.8. The number of carbonyl (C=O) groups excluding carboxylic acids is 1. The Morgan fingerprint density at radius 2 is 2.00 bits per heavy atom. The summed E-state index contributed by atoms with van der Waals surface area (Å²) in [5.41, 5.74) is 0.787. The average Bonchev–Trinajstić information content (AvgIpc) is 2.49. The number of hydrogen-bond donors (Lipinski definition) is 2. The van der Waals surface area contributed by atoms with E-state index in [9.17, 15) is 9.59 Å². The lowest BCUT2D eigenvalue weighted by Crippen LogP contribution is -2.28. The number of ether oxygens (including phenoxy) is 1. The molecule has 1 atom stereocenters. The van der Waals surface area contributed by atoms with E-state index in [-0.39, 0.29) is 23.2 Å². The van der Waals surface area contributed by atoms with Gasteiger partial charge in [0, 0.05) is 6.07 Å². The summed E-state index contributed by atoms with van der Waals surface area (Å²) in [5.74, 6) is 0.453. The van der Waals surface area contributed by atoms with Gasteiger partial charge in [0.1, 0.15) is 11.4 Å². The van der Waals surface area contributed by atoms with Crippen LogP contribution in [0.2, 0.25) is 0 Å². The van der Waals surface area contributed by atoms with E-state index in [1.54, 1.807) is 0 Å². The predicted octanol–water partition coefficient (Wildman–Crippen LogP) is 1.66. The molecule has 21 heavy (non-hydrogen) atoms. The number of carbonyl (C=O) groups is 1. The third-order valence-corrected chi connectivity index (χ3v) is 2.95. The van der Waals surface area contributed by atoms with Crippen LogP contribution in [0.5, 0.6) is 5.75 Å². The molecule has 0 bridgehead atoms. The Morgan fingerprint density at radius 1 is 1.29 bits per heavy atom. The van der Waals surface area contributed by atoms with E-state index >= 15 is 0 Å². The Bertz CT molecular complexity index is 644. The number of amides is 1. The number of H-pyrrole nitrogens is 1. The second kappa shape index (κ2) is 6.69. The van der Waals surface area contributed by atoms with Crippen molar-refractivity contribution in [1.29, 1.82) is 0 Å². The Hall–Kier alpha value is -2.63. The van der Waals surface area contributed by atoms with Crippen LogP contribution >= 0.6 is 0 Å². The van der Waals surface area contributed by atoms with Crippen molar-refractivity contribution in [3.63, 3.8) is 0 Å². The van der Waals surface area contributed by atoms with Crippen molar-refractivity contribution < 1.29 is 9.53 Å². The van der Waals surface area contributed by atoms with Crippen molar-refractivity contribution in [1.82, 2.24) is 15.5 Å². The molecule has 2 N–H and O–H groups in total. The van der Waals surface area contributed by atoms with Gasteiger partial charge >= 0.3 is 0 Å². The molecular formula is C15H17N3O3. The highest BCUT2D eigenvalue weighted by Crippen LogP contribution is 2.17. The van der Waals surface area contributed by atoms with Gasteiger partial charge in [-0.2, -0.15) is 5.10 Å². The van der Waals surface area contributed by atoms with Gasteiger partial charge in [-0.1, -0.05) is 12.1 Å². The number of aromatic amines is 1. The smallest absolute Gasteiger partial charge is 0.272 e. The number of rotatable bonds is 5. The summed E-state index contributed by atoms with van der Waals surface area (Å²) in [4.78, 5) is 22.9. The molecule has 0 aliphatic rings. The lowest BCUT2D eigenvalue weighted by Gasteiger charge is -2.14. The van der Waals surface area contributed by atoms with E-state index in [0.29, 0.717) is 6.61 Å². The lowest BCUT2D eigenvalue weighted by molar-refractivity contribution is 0.0933. The summed E-state index contributed by atoms with van der Waals surface area (Å²) >= 11 is 0. The van der Waals surface area contributed by atoms with Crippen LogP contribution in [-0.2, 0) is 0 Å². The third kappa shape index (κ3) is 3.92. The van der Waals surface area contributed by atoms with Gasteiger partial charge in [-0.25, -0.2) is 5.10 Å². The van der Waals surface area contributed by atoms with Crippen LogP contribution in [0.4, 0.5) is 0 Å². The molecule has 0 fully saturated rings. The van der Waals surface area contributed by atoms with Gasteiger partial charge in [0.15, 0.2) is 0 Å². The molecule has 6 heteroatoms. The normalized spacial score (nSPS) is 11.7. The molecule has 0 aliphatic heterocycles. The standard InChI is InChI=1S/C15H17N3O3/c1-3-21-12-6-4-11(5-7-12)10(2)16-15(20)13-8-9-14(19)18-17-13/h4-10H,3H2,1-2H3,(H,16,20)(H,18,19)/t10-/m0/s1. The van der Waals surface area contributed by atoms with Crippen molar-refractivity contribution >= 4 is 5.91 Å². The van der Waals surface area contributed by atoms with Crippen LogP contribution in [0.1, 0.15) is 35.9 Å². The van der Waals surface area contributed by atoms with E-state index in [2.05, 4.69) is 15.5 Å². The first-order valence-corrected chi connectivity index (χ1v) is 6.69. The Balaban J connectivity index is 2.03. The van der Waals surface area contributed by atoms with Gasteiger partial charge in [-0.15, -0.1) is 0 Å².